The van der Waals surface area contributed by atoms with Crippen molar-refractivity contribution in [2.75, 3.05) is 26.3 Å². The fraction of sp³-hybridized carbons (Fsp3) is 1.00. The van der Waals surface area contributed by atoms with E-state index in [1.807, 2.05) is 0 Å². The summed E-state index contributed by atoms with van der Waals surface area (Å²) in [6.45, 7) is 5.66. The van der Waals surface area contributed by atoms with E-state index in [1.165, 1.54) is 25.7 Å². The van der Waals surface area contributed by atoms with Crippen LogP contribution in [0.1, 0.15) is 39.0 Å². The monoisotopic (exact) mass is 227 g/mol. The average Bonchev–Trinajstić information content (AvgIpc) is 2.68. The average molecular weight is 227 g/mol. The van der Waals surface area contributed by atoms with E-state index in [4.69, 9.17) is 4.74 Å². The normalized spacial score (nSPS) is 26.6. The van der Waals surface area contributed by atoms with E-state index < -0.39 is 0 Å². The molecule has 1 aliphatic carbocycles. The Balaban J connectivity index is 1.54. The lowest BCUT2D eigenvalue weighted by Gasteiger charge is -2.38. The highest BCUT2D eigenvalue weighted by molar-refractivity contribution is 4.83. The van der Waals surface area contributed by atoms with Gasteiger partial charge in [0.05, 0.1) is 19.3 Å². The molecule has 2 rings (SSSR count). The minimum absolute atomic E-state index is 0.160. The van der Waals surface area contributed by atoms with Crippen molar-refractivity contribution >= 4 is 0 Å². The van der Waals surface area contributed by atoms with Gasteiger partial charge in [0.1, 0.15) is 0 Å². The van der Waals surface area contributed by atoms with Gasteiger partial charge in [-0.3, -0.25) is 0 Å². The highest BCUT2D eigenvalue weighted by atomic mass is 16.5. The summed E-state index contributed by atoms with van der Waals surface area (Å²) in [7, 11) is 0. The number of aliphatic hydroxyl groups is 1. The Kier molecular flexibility index (Phi) is 4.22. The molecule has 1 saturated carbocycles. The quantitative estimate of drug-likeness (QED) is 0.723. The maximum atomic E-state index is 9.90. The van der Waals surface area contributed by atoms with Crippen LogP contribution in [0.15, 0.2) is 0 Å². The molecule has 0 bridgehead atoms. The molecule has 2 fully saturated rings. The lowest BCUT2D eigenvalue weighted by atomic mass is 9.88. The van der Waals surface area contributed by atoms with Gasteiger partial charge in [-0.25, -0.2) is 0 Å². The van der Waals surface area contributed by atoms with Crippen molar-refractivity contribution < 1.29 is 9.84 Å². The van der Waals surface area contributed by atoms with E-state index in [9.17, 15) is 5.11 Å². The van der Waals surface area contributed by atoms with Gasteiger partial charge in [0.25, 0.3) is 0 Å². The van der Waals surface area contributed by atoms with Crippen LogP contribution < -0.4 is 5.32 Å². The molecule has 1 unspecified atom stereocenters. The first-order valence-corrected chi connectivity index (χ1v) is 6.64. The minimum atomic E-state index is -0.160. The Labute approximate surface area is 98.6 Å². The third-order valence-electron chi connectivity index (χ3n) is 3.91. The van der Waals surface area contributed by atoms with E-state index in [0.717, 1.165) is 38.6 Å². The number of hydrogen-bond acceptors (Lipinski definition) is 3. The summed E-state index contributed by atoms with van der Waals surface area (Å²) >= 11 is 0. The molecule has 3 heteroatoms. The molecule has 2 N–H and O–H groups in total. The number of hydrogen-bond donors (Lipinski definition) is 2. The van der Waals surface area contributed by atoms with Gasteiger partial charge in [-0.15, -0.1) is 0 Å². The maximum Gasteiger partial charge on any atom is 0.0667 e. The van der Waals surface area contributed by atoms with Crippen molar-refractivity contribution in [1.29, 1.82) is 0 Å². The fourth-order valence-electron chi connectivity index (χ4n) is 2.81. The Morgan fingerprint density at radius 2 is 2.06 bits per heavy atom. The zero-order valence-corrected chi connectivity index (χ0v) is 10.4. The molecule has 94 valence electrons. The summed E-state index contributed by atoms with van der Waals surface area (Å²) in [4.78, 5) is 0. The van der Waals surface area contributed by atoms with Crippen LogP contribution in [-0.2, 0) is 4.74 Å². The fourth-order valence-corrected chi connectivity index (χ4v) is 2.81. The summed E-state index contributed by atoms with van der Waals surface area (Å²) in [6.07, 6.45) is 6.19. The third-order valence-corrected chi connectivity index (χ3v) is 3.91. The summed E-state index contributed by atoms with van der Waals surface area (Å²) in [5.74, 6) is 0.777. The zero-order chi connectivity index (χ0) is 11.4. The first-order chi connectivity index (χ1) is 7.68. The lowest BCUT2D eigenvalue weighted by Crippen LogP contribution is -2.48. The molecular formula is C13H25NO2. The molecule has 0 aromatic carbocycles. The van der Waals surface area contributed by atoms with Gasteiger partial charge < -0.3 is 15.2 Å². The van der Waals surface area contributed by atoms with Crippen molar-refractivity contribution in [2.24, 2.45) is 11.3 Å². The van der Waals surface area contributed by atoms with Gasteiger partial charge in [0.15, 0.2) is 0 Å². The minimum Gasteiger partial charge on any atom is -0.392 e. The molecule has 16 heavy (non-hydrogen) atoms. The van der Waals surface area contributed by atoms with Crippen LogP contribution in [0.5, 0.6) is 0 Å². The molecule has 0 spiro atoms. The van der Waals surface area contributed by atoms with Gasteiger partial charge in [-0.05, 0) is 12.3 Å². The first-order valence-electron chi connectivity index (χ1n) is 6.64. The van der Waals surface area contributed by atoms with Crippen LogP contribution in [-0.4, -0.2) is 37.5 Å². The highest BCUT2D eigenvalue weighted by Gasteiger charge is 2.32. The van der Waals surface area contributed by atoms with Gasteiger partial charge in [-0.2, -0.15) is 0 Å². The summed E-state index contributed by atoms with van der Waals surface area (Å²) < 4.78 is 5.20. The second-order valence-corrected chi connectivity index (χ2v) is 5.97. The maximum absolute atomic E-state index is 9.90. The van der Waals surface area contributed by atoms with Crippen molar-refractivity contribution in [3.8, 4) is 0 Å². The van der Waals surface area contributed by atoms with E-state index in [2.05, 4.69) is 12.2 Å². The van der Waals surface area contributed by atoms with Crippen LogP contribution in [0, 0.1) is 11.3 Å². The molecule has 1 saturated heterocycles. The second-order valence-electron chi connectivity index (χ2n) is 5.97. The topological polar surface area (TPSA) is 41.5 Å². The molecule has 1 heterocycles. The first kappa shape index (κ1) is 12.3. The van der Waals surface area contributed by atoms with Crippen LogP contribution in [0.2, 0.25) is 0 Å². The molecule has 1 atom stereocenters. The number of nitrogens with one attached hydrogen (secondary N) is 1. The van der Waals surface area contributed by atoms with Gasteiger partial charge in [0, 0.05) is 18.5 Å². The molecule has 0 radical (unpaired) electrons. The lowest BCUT2D eigenvalue weighted by molar-refractivity contribution is -0.0997. The van der Waals surface area contributed by atoms with Gasteiger partial charge in [0.2, 0.25) is 0 Å². The molecule has 0 aromatic rings. The molecule has 2 aliphatic rings. The molecule has 1 aliphatic heterocycles. The van der Waals surface area contributed by atoms with E-state index in [1.54, 1.807) is 0 Å². The predicted octanol–water partition coefficient (Wildman–Crippen LogP) is 1.55. The molecule has 0 amide bonds. The second kappa shape index (κ2) is 5.48. The van der Waals surface area contributed by atoms with Crippen molar-refractivity contribution in [3.63, 3.8) is 0 Å². The van der Waals surface area contributed by atoms with Crippen LogP contribution in [0.4, 0.5) is 0 Å². The van der Waals surface area contributed by atoms with Crippen LogP contribution >= 0.6 is 0 Å². The van der Waals surface area contributed by atoms with Gasteiger partial charge in [-0.1, -0.05) is 32.6 Å². The smallest absolute Gasteiger partial charge is 0.0667 e. The Bertz CT molecular complexity index is 210. The Hall–Kier alpha value is -0.120. The Morgan fingerprint density at radius 3 is 2.62 bits per heavy atom. The zero-order valence-electron chi connectivity index (χ0n) is 10.4. The summed E-state index contributed by atoms with van der Waals surface area (Å²) in [6, 6.07) is 0. The largest absolute Gasteiger partial charge is 0.392 e. The summed E-state index contributed by atoms with van der Waals surface area (Å²) in [5.41, 5.74) is 0.313. The number of ether oxygens (including phenoxy) is 1. The predicted molar refractivity (Wildman–Crippen MR) is 64.4 cm³/mol. The van der Waals surface area contributed by atoms with Crippen molar-refractivity contribution in [1.82, 2.24) is 5.32 Å². The van der Waals surface area contributed by atoms with E-state index in [-0.39, 0.29) is 6.10 Å². The number of aliphatic hydroxyl groups excluding tert-OH is 1. The van der Waals surface area contributed by atoms with E-state index in [0.29, 0.717) is 5.41 Å². The molecular weight excluding hydrogens is 202 g/mol. The van der Waals surface area contributed by atoms with Crippen LogP contribution in [0.25, 0.3) is 0 Å². The van der Waals surface area contributed by atoms with Crippen molar-refractivity contribution in [3.05, 3.63) is 0 Å². The third kappa shape index (κ3) is 3.44. The SMILES string of the molecule is CC1(CNCC(O)CC2CCCC2)COC1. The number of rotatable bonds is 6. The highest BCUT2D eigenvalue weighted by Crippen LogP contribution is 2.28. The Morgan fingerprint density at radius 1 is 1.38 bits per heavy atom. The molecule has 3 nitrogen and oxygen atoms in total. The van der Waals surface area contributed by atoms with Crippen LogP contribution in [0.3, 0.4) is 0 Å². The van der Waals surface area contributed by atoms with Crippen molar-refractivity contribution in [2.45, 2.75) is 45.1 Å². The summed E-state index contributed by atoms with van der Waals surface area (Å²) in [5, 5.41) is 13.3. The molecule has 0 aromatic heterocycles. The standard InChI is InChI=1S/C13H25NO2/c1-13(9-16-10-13)8-14-7-12(15)6-11-4-2-3-5-11/h11-12,14-15H,2-10H2,1H3. The van der Waals surface area contributed by atoms with Gasteiger partial charge >= 0.3 is 0 Å². The van der Waals surface area contributed by atoms with E-state index >= 15 is 0 Å².